The fourth-order valence-electron chi connectivity index (χ4n) is 2.38. The first-order chi connectivity index (χ1) is 10.7. The summed E-state index contributed by atoms with van der Waals surface area (Å²) in [6.07, 6.45) is 0.945. The van der Waals surface area contributed by atoms with Crippen LogP contribution in [0.2, 0.25) is 5.15 Å². The third-order valence-corrected chi connectivity index (χ3v) is 3.47. The van der Waals surface area contributed by atoms with Crippen LogP contribution in [0.1, 0.15) is 37.4 Å². The number of alkyl halides is 3. The second kappa shape index (κ2) is 6.63. The number of anilines is 1. The SMILES string of the molecule is CC(C)CC1=CC=CC#CC1c1nc(N)nc(Cl)c1C(F)(F)F. The van der Waals surface area contributed by atoms with Crippen molar-refractivity contribution in [3.63, 3.8) is 0 Å². The summed E-state index contributed by atoms with van der Waals surface area (Å²) < 4.78 is 40.2. The maximum absolute atomic E-state index is 13.4. The maximum Gasteiger partial charge on any atom is 0.421 e. The Morgan fingerprint density at radius 3 is 2.65 bits per heavy atom. The first-order valence-corrected chi connectivity index (χ1v) is 7.34. The van der Waals surface area contributed by atoms with Crippen LogP contribution >= 0.6 is 11.6 Å². The number of hydrogen-bond donors (Lipinski definition) is 1. The Morgan fingerprint density at radius 2 is 2.04 bits per heavy atom. The van der Waals surface area contributed by atoms with Crippen molar-refractivity contribution in [1.82, 2.24) is 9.97 Å². The highest BCUT2D eigenvalue weighted by Gasteiger charge is 2.40. The molecular weight excluding hydrogens is 327 g/mol. The fourth-order valence-corrected chi connectivity index (χ4v) is 2.67. The lowest BCUT2D eigenvalue weighted by atomic mass is 9.87. The standard InChI is InChI=1S/C16H15ClF3N3/c1-9(2)8-10-6-4-3-5-7-11(10)13-12(16(18,19)20)14(17)23-15(21)22-13/h3-4,6,9,11H,8H2,1-2H3,(H2,21,22,23). The number of nitrogen functional groups attached to an aromatic ring is 1. The lowest BCUT2D eigenvalue weighted by Crippen LogP contribution is -2.18. The largest absolute Gasteiger partial charge is 0.421 e. The molecule has 0 aromatic carbocycles. The summed E-state index contributed by atoms with van der Waals surface area (Å²) in [7, 11) is 0. The van der Waals surface area contributed by atoms with Gasteiger partial charge in [0.25, 0.3) is 0 Å². The predicted molar refractivity (Wildman–Crippen MR) is 83.7 cm³/mol. The molecule has 0 saturated heterocycles. The van der Waals surface area contributed by atoms with E-state index in [1.807, 2.05) is 13.8 Å². The highest BCUT2D eigenvalue weighted by atomic mass is 35.5. The zero-order valence-electron chi connectivity index (χ0n) is 12.6. The van der Waals surface area contributed by atoms with Gasteiger partial charge in [0, 0.05) is 0 Å². The van der Waals surface area contributed by atoms with Crippen LogP contribution in [0.5, 0.6) is 0 Å². The van der Waals surface area contributed by atoms with E-state index in [1.165, 1.54) is 0 Å². The van der Waals surface area contributed by atoms with Crippen LogP contribution in [0.25, 0.3) is 0 Å². The van der Waals surface area contributed by atoms with Crippen molar-refractivity contribution in [2.45, 2.75) is 32.4 Å². The molecule has 0 aliphatic heterocycles. The Hall–Kier alpha value is -2.00. The van der Waals surface area contributed by atoms with Gasteiger partial charge in [0.05, 0.1) is 11.6 Å². The van der Waals surface area contributed by atoms with Gasteiger partial charge < -0.3 is 5.73 Å². The fraction of sp³-hybridized carbons (Fsp3) is 0.375. The van der Waals surface area contributed by atoms with E-state index in [4.69, 9.17) is 17.3 Å². The molecule has 2 rings (SSSR count). The van der Waals surface area contributed by atoms with Gasteiger partial charge in [0.1, 0.15) is 10.7 Å². The van der Waals surface area contributed by atoms with Gasteiger partial charge >= 0.3 is 6.18 Å². The Balaban J connectivity index is 2.65. The van der Waals surface area contributed by atoms with Crippen LogP contribution in [0.15, 0.2) is 23.8 Å². The lowest BCUT2D eigenvalue weighted by molar-refractivity contribution is -0.138. The summed E-state index contributed by atoms with van der Waals surface area (Å²) in [5.74, 6) is 4.65. The minimum atomic E-state index is -4.69. The van der Waals surface area contributed by atoms with Crippen molar-refractivity contribution in [3.05, 3.63) is 40.2 Å². The molecule has 0 saturated carbocycles. The maximum atomic E-state index is 13.4. The van der Waals surface area contributed by atoms with E-state index in [9.17, 15) is 13.2 Å². The summed E-state index contributed by atoms with van der Waals surface area (Å²) in [6.45, 7) is 3.96. The zero-order chi connectivity index (χ0) is 17.2. The number of halogens is 4. The molecule has 1 atom stereocenters. The van der Waals surface area contributed by atoms with Crippen molar-refractivity contribution >= 4 is 17.5 Å². The van der Waals surface area contributed by atoms with Crippen LogP contribution in [0, 0.1) is 17.8 Å². The Labute approximate surface area is 137 Å². The van der Waals surface area contributed by atoms with Crippen molar-refractivity contribution < 1.29 is 13.2 Å². The van der Waals surface area contributed by atoms with Crippen molar-refractivity contribution in [1.29, 1.82) is 0 Å². The van der Waals surface area contributed by atoms with Gasteiger partial charge in [-0.2, -0.15) is 13.2 Å². The number of nitrogens with two attached hydrogens (primary N) is 1. The molecule has 0 bridgehead atoms. The number of allylic oxidation sites excluding steroid dienone is 4. The molecular formula is C16H15ClF3N3. The molecule has 1 aliphatic carbocycles. The van der Waals surface area contributed by atoms with Gasteiger partial charge in [-0.3, -0.25) is 0 Å². The van der Waals surface area contributed by atoms with Gasteiger partial charge in [-0.25, -0.2) is 9.97 Å². The smallest absolute Gasteiger partial charge is 0.368 e. The Bertz CT molecular complexity index is 725. The Kier molecular flexibility index (Phi) is 5.00. The van der Waals surface area contributed by atoms with Crippen LogP contribution in [0.3, 0.4) is 0 Å². The molecule has 1 unspecified atom stereocenters. The third-order valence-electron chi connectivity index (χ3n) is 3.20. The van der Waals surface area contributed by atoms with E-state index in [0.717, 1.165) is 5.57 Å². The van der Waals surface area contributed by atoms with E-state index < -0.39 is 22.8 Å². The lowest BCUT2D eigenvalue weighted by Gasteiger charge is -2.21. The van der Waals surface area contributed by atoms with Gasteiger partial charge in [-0.15, -0.1) is 0 Å². The van der Waals surface area contributed by atoms with Gasteiger partial charge in [-0.1, -0.05) is 49.4 Å². The van der Waals surface area contributed by atoms with E-state index in [-0.39, 0.29) is 17.6 Å². The predicted octanol–water partition coefficient (Wildman–Crippen LogP) is 4.36. The molecule has 23 heavy (non-hydrogen) atoms. The first-order valence-electron chi connectivity index (χ1n) is 6.97. The monoisotopic (exact) mass is 341 g/mol. The summed E-state index contributed by atoms with van der Waals surface area (Å²) in [5.41, 5.74) is 4.87. The van der Waals surface area contributed by atoms with Crippen molar-refractivity contribution in [3.8, 4) is 11.8 Å². The molecule has 1 aromatic rings. The minimum Gasteiger partial charge on any atom is -0.368 e. The van der Waals surface area contributed by atoms with Gasteiger partial charge in [0.15, 0.2) is 0 Å². The topological polar surface area (TPSA) is 51.8 Å². The van der Waals surface area contributed by atoms with Crippen LogP contribution in [-0.2, 0) is 6.18 Å². The second-order valence-electron chi connectivity index (χ2n) is 5.55. The molecule has 3 nitrogen and oxygen atoms in total. The van der Waals surface area contributed by atoms with E-state index in [2.05, 4.69) is 21.8 Å². The first kappa shape index (κ1) is 17.4. The molecule has 0 spiro atoms. The van der Waals surface area contributed by atoms with E-state index >= 15 is 0 Å². The summed E-state index contributed by atoms with van der Waals surface area (Å²) >= 11 is 5.70. The number of nitrogens with zero attached hydrogens (tertiary/aromatic N) is 2. The average Bonchev–Trinajstić information content (AvgIpc) is 2.60. The molecule has 2 N–H and O–H groups in total. The average molecular weight is 342 g/mol. The Morgan fingerprint density at radius 1 is 1.35 bits per heavy atom. The number of rotatable bonds is 3. The van der Waals surface area contributed by atoms with Crippen molar-refractivity contribution in [2.24, 2.45) is 5.92 Å². The van der Waals surface area contributed by atoms with Gasteiger partial charge in [-0.05, 0) is 24.0 Å². The second-order valence-corrected chi connectivity index (χ2v) is 5.91. The number of aromatic nitrogens is 2. The number of hydrogen-bond acceptors (Lipinski definition) is 3. The van der Waals surface area contributed by atoms with E-state index in [1.54, 1.807) is 18.2 Å². The molecule has 0 amide bonds. The van der Waals surface area contributed by atoms with Crippen LogP contribution in [0.4, 0.5) is 19.1 Å². The van der Waals surface area contributed by atoms with Crippen molar-refractivity contribution in [2.75, 3.05) is 5.73 Å². The zero-order valence-corrected chi connectivity index (χ0v) is 13.3. The molecule has 0 radical (unpaired) electrons. The summed E-state index contributed by atoms with van der Waals surface area (Å²) in [6, 6.07) is 0. The third kappa shape index (κ3) is 4.05. The molecule has 1 aromatic heterocycles. The molecule has 0 fully saturated rings. The van der Waals surface area contributed by atoms with E-state index in [0.29, 0.717) is 6.42 Å². The summed E-state index contributed by atoms with van der Waals surface area (Å²) in [5, 5.41) is -0.706. The van der Waals surface area contributed by atoms with Gasteiger partial charge in [0.2, 0.25) is 5.95 Å². The molecule has 1 aliphatic rings. The molecule has 1 heterocycles. The summed E-state index contributed by atoms with van der Waals surface area (Å²) in [4.78, 5) is 7.25. The van der Waals surface area contributed by atoms with Crippen LogP contribution < -0.4 is 5.73 Å². The normalized spacial score (nSPS) is 17.5. The molecule has 122 valence electrons. The quantitative estimate of drug-likeness (QED) is 0.656. The highest BCUT2D eigenvalue weighted by Crippen LogP contribution is 2.41. The molecule has 7 heteroatoms. The minimum absolute atomic E-state index is 0.251. The van der Waals surface area contributed by atoms with Crippen LogP contribution in [-0.4, -0.2) is 9.97 Å². The highest BCUT2D eigenvalue weighted by molar-refractivity contribution is 6.30.